The van der Waals surface area contributed by atoms with Crippen LogP contribution in [0.4, 0.5) is 5.13 Å². The van der Waals surface area contributed by atoms with Crippen molar-refractivity contribution < 1.29 is 14.4 Å². The Hall–Kier alpha value is -2.03. The van der Waals surface area contributed by atoms with Crippen LogP contribution in [0, 0.1) is 6.92 Å². The van der Waals surface area contributed by atoms with Gasteiger partial charge in [-0.2, -0.15) is 4.37 Å². The average molecular weight is 456 g/mol. The lowest BCUT2D eigenvalue weighted by molar-refractivity contribution is -0.146. The fraction of sp³-hybridized carbons (Fsp3) is 0.357. The molecular formula is C14H13N7O3S4. The fourth-order valence-corrected chi connectivity index (χ4v) is 5.77. The molecule has 14 heteroatoms. The number of anilines is 1. The van der Waals surface area contributed by atoms with Gasteiger partial charge in [-0.3, -0.25) is 19.3 Å². The molecule has 2 atom stereocenters. The Morgan fingerprint density at radius 3 is 2.79 bits per heavy atom. The first-order chi connectivity index (χ1) is 13.3. The predicted molar refractivity (Wildman–Crippen MR) is 109 cm³/mol. The number of hydrogen-bond acceptors (Lipinski definition) is 11. The molecule has 0 spiro atoms. The fourth-order valence-electron chi connectivity index (χ4n) is 2.91. The van der Waals surface area contributed by atoms with Crippen LogP contribution in [-0.4, -0.2) is 58.6 Å². The van der Waals surface area contributed by atoms with E-state index in [1.165, 1.54) is 28.0 Å². The SMILES string of the molecule is Cc1nnc(C2=C(C(=O)S)N3C(=O)[C@@H](NC(=O)Cc4nsc(N)n4)[C@H]3SC2)s1. The smallest absolute Gasteiger partial charge is 0.253 e. The lowest BCUT2D eigenvalue weighted by Crippen LogP contribution is -2.70. The number of thioether (sulfide) groups is 1. The molecule has 0 saturated carbocycles. The van der Waals surface area contributed by atoms with Crippen LogP contribution in [-0.2, 0) is 20.8 Å². The van der Waals surface area contributed by atoms with E-state index in [0.717, 1.165) is 16.5 Å². The largest absolute Gasteiger partial charge is 0.374 e. The molecule has 2 aliphatic rings. The van der Waals surface area contributed by atoms with Gasteiger partial charge in [0.25, 0.3) is 5.91 Å². The maximum atomic E-state index is 12.7. The van der Waals surface area contributed by atoms with Crippen LogP contribution in [0.2, 0.25) is 0 Å². The first kappa shape index (κ1) is 19.3. The monoisotopic (exact) mass is 455 g/mol. The highest BCUT2D eigenvalue weighted by molar-refractivity contribution is 8.00. The molecule has 2 aromatic rings. The lowest BCUT2D eigenvalue weighted by atomic mass is 10.0. The van der Waals surface area contributed by atoms with Crippen LogP contribution in [0.3, 0.4) is 0 Å². The maximum absolute atomic E-state index is 12.7. The Balaban J connectivity index is 1.52. The molecule has 0 bridgehead atoms. The Bertz CT molecular complexity index is 1020. The van der Waals surface area contributed by atoms with E-state index in [1.807, 2.05) is 6.92 Å². The van der Waals surface area contributed by atoms with E-state index >= 15 is 0 Å². The molecule has 146 valence electrons. The van der Waals surface area contributed by atoms with E-state index in [9.17, 15) is 14.4 Å². The van der Waals surface area contributed by atoms with Crippen LogP contribution in [0.1, 0.15) is 15.8 Å². The molecule has 0 aromatic carbocycles. The summed E-state index contributed by atoms with van der Waals surface area (Å²) in [7, 11) is 0. The number of carbonyl (C=O) groups excluding carboxylic acids is 3. The number of thiol groups is 1. The zero-order valence-electron chi connectivity index (χ0n) is 14.3. The number of nitrogen functional groups attached to an aromatic ring is 1. The van der Waals surface area contributed by atoms with Crippen molar-refractivity contribution in [1.29, 1.82) is 0 Å². The maximum Gasteiger partial charge on any atom is 0.253 e. The van der Waals surface area contributed by atoms with Crippen molar-refractivity contribution in [2.75, 3.05) is 11.5 Å². The van der Waals surface area contributed by atoms with Gasteiger partial charge in [-0.05, 0) is 6.92 Å². The van der Waals surface area contributed by atoms with Crippen molar-refractivity contribution in [3.05, 3.63) is 21.5 Å². The van der Waals surface area contributed by atoms with E-state index in [4.69, 9.17) is 5.73 Å². The minimum atomic E-state index is -0.728. The van der Waals surface area contributed by atoms with Gasteiger partial charge in [-0.15, -0.1) is 22.0 Å². The minimum Gasteiger partial charge on any atom is -0.374 e. The Kier molecular flexibility index (Phi) is 5.11. The Morgan fingerprint density at radius 2 is 2.18 bits per heavy atom. The van der Waals surface area contributed by atoms with E-state index in [0.29, 0.717) is 22.2 Å². The van der Waals surface area contributed by atoms with Gasteiger partial charge in [0.15, 0.2) is 11.0 Å². The molecule has 2 aromatic heterocycles. The summed E-state index contributed by atoms with van der Waals surface area (Å²) in [6, 6.07) is -0.728. The molecule has 4 heterocycles. The van der Waals surface area contributed by atoms with Crippen LogP contribution in [0.15, 0.2) is 5.70 Å². The molecule has 2 aliphatic heterocycles. The molecule has 10 nitrogen and oxygen atoms in total. The van der Waals surface area contributed by atoms with Gasteiger partial charge in [0.05, 0.1) is 6.42 Å². The van der Waals surface area contributed by atoms with E-state index < -0.39 is 11.2 Å². The molecule has 0 unspecified atom stereocenters. The number of aromatic nitrogens is 4. The number of hydrogen-bond donors (Lipinski definition) is 3. The topological polar surface area (TPSA) is 144 Å². The van der Waals surface area contributed by atoms with Crippen molar-refractivity contribution in [2.24, 2.45) is 0 Å². The second-order valence-electron chi connectivity index (χ2n) is 5.94. The molecule has 1 saturated heterocycles. The Morgan fingerprint density at radius 1 is 1.39 bits per heavy atom. The zero-order chi connectivity index (χ0) is 20.0. The van der Waals surface area contributed by atoms with Crippen molar-refractivity contribution in [3.8, 4) is 0 Å². The highest BCUT2D eigenvalue weighted by Crippen LogP contribution is 2.44. The van der Waals surface area contributed by atoms with Crippen LogP contribution in [0.25, 0.3) is 5.57 Å². The summed E-state index contributed by atoms with van der Waals surface area (Å²) in [4.78, 5) is 42.4. The van der Waals surface area contributed by atoms with Gasteiger partial charge in [0.2, 0.25) is 11.0 Å². The second-order valence-corrected chi connectivity index (χ2v) is 9.42. The van der Waals surface area contributed by atoms with Gasteiger partial charge in [0, 0.05) is 22.9 Å². The summed E-state index contributed by atoms with van der Waals surface area (Å²) >= 11 is 7.74. The van der Waals surface area contributed by atoms with E-state index in [-0.39, 0.29) is 34.4 Å². The third-order valence-corrected chi connectivity index (χ3v) is 7.04. The Labute approximate surface area is 176 Å². The molecule has 4 rings (SSSR count). The third-order valence-electron chi connectivity index (χ3n) is 4.07. The second kappa shape index (κ2) is 7.42. The van der Waals surface area contributed by atoms with E-state index in [2.05, 4.69) is 37.5 Å². The predicted octanol–water partition coefficient (Wildman–Crippen LogP) is 0.0903. The number of nitrogens with two attached hydrogens (primary N) is 1. The van der Waals surface area contributed by atoms with E-state index in [1.54, 1.807) is 0 Å². The third kappa shape index (κ3) is 3.40. The van der Waals surface area contributed by atoms with Gasteiger partial charge in [0.1, 0.15) is 27.1 Å². The first-order valence-electron chi connectivity index (χ1n) is 7.94. The summed E-state index contributed by atoms with van der Waals surface area (Å²) in [6.07, 6.45) is -0.0711. The standard InChI is InChI=1S/C14H13N7O3S4/c1-4-18-19-10(27-4)5-3-26-12-8(11(23)21(12)9(5)13(24)25)17-7(22)2-6-16-14(15)28-20-6/h8,12H,2-3H2,1H3,(H,17,22)(H,24,25)(H2,15,16,20)/t8-,12-/m1/s1. The van der Waals surface area contributed by atoms with Crippen LogP contribution < -0.4 is 11.1 Å². The van der Waals surface area contributed by atoms with Crippen molar-refractivity contribution in [3.63, 3.8) is 0 Å². The summed E-state index contributed by atoms with van der Waals surface area (Å²) in [5, 5.41) is 11.5. The van der Waals surface area contributed by atoms with Crippen molar-refractivity contribution in [1.82, 2.24) is 29.8 Å². The summed E-state index contributed by atoms with van der Waals surface area (Å²) in [5.41, 5.74) is 6.34. The quantitative estimate of drug-likeness (QED) is 0.422. The van der Waals surface area contributed by atoms with Gasteiger partial charge >= 0.3 is 0 Å². The number of fused-ring (bicyclic) bond motifs is 1. The molecule has 0 radical (unpaired) electrons. The first-order valence-corrected chi connectivity index (χ1v) is 11.0. The van der Waals surface area contributed by atoms with Crippen LogP contribution >= 0.6 is 47.3 Å². The molecule has 1 fully saturated rings. The number of amides is 2. The average Bonchev–Trinajstić information content (AvgIpc) is 3.26. The number of β-lactam (4-membered cyclic amide) rings is 1. The summed E-state index contributed by atoms with van der Waals surface area (Å²) in [6.45, 7) is 1.81. The van der Waals surface area contributed by atoms with Gasteiger partial charge < -0.3 is 11.1 Å². The number of carbonyl (C=O) groups is 3. The van der Waals surface area contributed by atoms with Crippen LogP contribution in [0.5, 0.6) is 0 Å². The number of aryl methyl sites for hydroxylation is 1. The molecule has 2 amide bonds. The molecule has 28 heavy (non-hydrogen) atoms. The van der Waals surface area contributed by atoms with Gasteiger partial charge in [-0.1, -0.05) is 24.0 Å². The normalized spacial score (nSPS) is 21.4. The molecular weight excluding hydrogens is 442 g/mol. The summed E-state index contributed by atoms with van der Waals surface area (Å²) < 4.78 is 3.96. The molecule has 0 aliphatic carbocycles. The number of rotatable bonds is 5. The minimum absolute atomic E-state index is 0.0711. The number of nitrogens with zero attached hydrogens (tertiary/aromatic N) is 5. The lowest BCUT2D eigenvalue weighted by Gasteiger charge is -2.49. The van der Waals surface area contributed by atoms with Crippen molar-refractivity contribution in [2.45, 2.75) is 24.8 Å². The molecule has 3 N–H and O–H groups in total. The highest BCUT2D eigenvalue weighted by atomic mass is 32.2. The summed E-state index contributed by atoms with van der Waals surface area (Å²) in [5.74, 6) is 0.0124. The number of nitrogens with one attached hydrogen (secondary N) is 1. The van der Waals surface area contributed by atoms with Gasteiger partial charge in [-0.25, -0.2) is 4.98 Å². The zero-order valence-corrected chi connectivity index (χ0v) is 17.6. The van der Waals surface area contributed by atoms with Crippen molar-refractivity contribution >= 4 is 74.9 Å². The highest BCUT2D eigenvalue weighted by Gasteiger charge is 2.54.